The highest BCUT2D eigenvalue weighted by molar-refractivity contribution is 5.97. The van der Waals surface area contributed by atoms with E-state index in [-0.39, 0.29) is 24.5 Å². The monoisotopic (exact) mass is 335 g/mol. The fourth-order valence-corrected chi connectivity index (χ4v) is 1.86. The van der Waals surface area contributed by atoms with Crippen molar-refractivity contribution < 1.29 is 18.9 Å². The van der Waals surface area contributed by atoms with E-state index in [2.05, 4.69) is 15.1 Å². The fraction of sp³-hybridized carbons (Fsp3) is 0.214. The Hall–Kier alpha value is -3.30. The average molecular weight is 335 g/mol. The predicted molar refractivity (Wildman–Crippen MR) is 81.5 cm³/mol. The van der Waals surface area contributed by atoms with E-state index in [0.29, 0.717) is 11.3 Å². The van der Waals surface area contributed by atoms with Crippen molar-refractivity contribution in [3.8, 4) is 0 Å². The lowest BCUT2D eigenvalue weighted by atomic mass is 10.2. The van der Waals surface area contributed by atoms with Crippen LogP contribution >= 0.6 is 0 Å². The van der Waals surface area contributed by atoms with Crippen LogP contribution in [0.15, 0.2) is 35.6 Å². The van der Waals surface area contributed by atoms with Crippen molar-refractivity contribution in [3.63, 3.8) is 0 Å². The number of benzene rings is 1. The molecule has 2 aromatic rings. The van der Waals surface area contributed by atoms with Gasteiger partial charge in [-0.15, -0.1) is 0 Å². The number of rotatable bonds is 6. The summed E-state index contributed by atoms with van der Waals surface area (Å²) in [5, 5.41) is 18.0. The molecule has 0 amide bonds. The Morgan fingerprint density at radius 3 is 2.71 bits per heavy atom. The number of nitro groups is 1. The maximum atomic E-state index is 12.8. The maximum absolute atomic E-state index is 12.8. The molecule has 0 aliphatic carbocycles. The number of hydrogen-bond donors (Lipinski definition) is 1. The van der Waals surface area contributed by atoms with Gasteiger partial charge in [0.05, 0.1) is 17.9 Å². The van der Waals surface area contributed by atoms with Crippen LogP contribution in [0.2, 0.25) is 0 Å². The molecule has 0 saturated carbocycles. The molecule has 1 heterocycles. The van der Waals surface area contributed by atoms with Crippen molar-refractivity contribution in [2.45, 2.75) is 19.9 Å². The highest BCUT2D eigenvalue weighted by Gasteiger charge is 2.17. The zero-order valence-electron chi connectivity index (χ0n) is 12.7. The Bertz CT molecular complexity index is 785. The summed E-state index contributed by atoms with van der Waals surface area (Å²) in [5.41, 5.74) is 6.24. The van der Waals surface area contributed by atoms with Crippen LogP contribution in [-0.4, -0.2) is 26.5 Å². The third kappa shape index (κ3) is 4.12. The number of aryl methyl sites for hydroxylation is 1. The minimum absolute atomic E-state index is 0.0748. The third-order valence-corrected chi connectivity index (χ3v) is 3.19. The van der Waals surface area contributed by atoms with Crippen molar-refractivity contribution in [1.29, 1.82) is 0 Å². The lowest BCUT2D eigenvalue weighted by Crippen LogP contribution is -2.16. The first kappa shape index (κ1) is 17.1. The number of nitrogens with two attached hydrogens (primary N) is 1. The van der Waals surface area contributed by atoms with Gasteiger partial charge in [-0.05, 0) is 31.2 Å². The molecule has 10 heteroatoms. The van der Waals surface area contributed by atoms with E-state index < -0.39 is 16.7 Å². The lowest BCUT2D eigenvalue weighted by Gasteiger charge is -2.03. The molecule has 0 saturated heterocycles. The van der Waals surface area contributed by atoms with Crippen molar-refractivity contribution in [2.75, 3.05) is 0 Å². The number of aromatic nitrogens is 2. The molecule has 0 radical (unpaired) electrons. The number of hydrogen-bond acceptors (Lipinski definition) is 6. The van der Waals surface area contributed by atoms with E-state index in [4.69, 9.17) is 5.73 Å². The third-order valence-electron chi connectivity index (χ3n) is 3.19. The molecule has 0 spiro atoms. The zero-order valence-corrected chi connectivity index (χ0v) is 12.7. The largest absolute Gasteiger partial charge is 0.380 e. The summed E-state index contributed by atoms with van der Waals surface area (Å²) in [5.74, 6) is -1.18. The van der Waals surface area contributed by atoms with Gasteiger partial charge >= 0.3 is 11.7 Å². The number of amidine groups is 1. The van der Waals surface area contributed by atoms with Gasteiger partial charge in [0.15, 0.2) is 5.84 Å². The number of carbonyl (C=O) groups excluding carboxylic acids is 1. The smallest absolute Gasteiger partial charge is 0.336 e. The zero-order chi connectivity index (χ0) is 17.7. The van der Waals surface area contributed by atoms with E-state index in [1.807, 2.05) is 0 Å². The Balaban J connectivity index is 1.90. The summed E-state index contributed by atoms with van der Waals surface area (Å²) in [4.78, 5) is 26.5. The van der Waals surface area contributed by atoms with E-state index in [1.165, 1.54) is 35.9 Å². The van der Waals surface area contributed by atoms with E-state index in [0.717, 1.165) is 6.20 Å². The van der Waals surface area contributed by atoms with Crippen LogP contribution < -0.4 is 5.73 Å². The molecule has 126 valence electrons. The van der Waals surface area contributed by atoms with Crippen LogP contribution in [0.3, 0.4) is 0 Å². The van der Waals surface area contributed by atoms with Crippen LogP contribution in [0.5, 0.6) is 0 Å². The lowest BCUT2D eigenvalue weighted by molar-refractivity contribution is -0.385. The molecule has 9 nitrogen and oxygen atoms in total. The molecule has 1 aromatic carbocycles. The number of nitrogens with zero attached hydrogens (tertiary/aromatic N) is 4. The van der Waals surface area contributed by atoms with Crippen LogP contribution in [0.4, 0.5) is 10.1 Å². The van der Waals surface area contributed by atoms with Gasteiger partial charge in [0.25, 0.3) is 0 Å². The summed E-state index contributed by atoms with van der Waals surface area (Å²) in [6.45, 7) is 1.63. The Morgan fingerprint density at radius 2 is 2.12 bits per heavy atom. The van der Waals surface area contributed by atoms with Crippen LogP contribution in [0, 0.1) is 22.9 Å². The van der Waals surface area contributed by atoms with Gasteiger partial charge in [-0.3, -0.25) is 14.8 Å². The molecule has 0 bridgehead atoms. The summed E-state index contributed by atoms with van der Waals surface area (Å²) in [7, 11) is 0. The molecule has 1 aromatic heterocycles. The van der Waals surface area contributed by atoms with E-state index in [1.54, 1.807) is 0 Å². The Morgan fingerprint density at radius 1 is 1.46 bits per heavy atom. The average Bonchev–Trinajstić information content (AvgIpc) is 2.92. The molecule has 24 heavy (non-hydrogen) atoms. The summed E-state index contributed by atoms with van der Waals surface area (Å²) in [6.07, 6.45) is 1.02. The highest BCUT2D eigenvalue weighted by atomic mass is 19.1. The minimum Gasteiger partial charge on any atom is -0.380 e. The molecule has 0 aliphatic rings. The van der Waals surface area contributed by atoms with Gasteiger partial charge in [0, 0.05) is 5.56 Å². The molecule has 0 atom stereocenters. The second-order valence-electron chi connectivity index (χ2n) is 4.79. The number of oxime groups is 1. The van der Waals surface area contributed by atoms with Gasteiger partial charge in [0.1, 0.15) is 17.7 Å². The Kier molecular flexibility index (Phi) is 5.20. The number of carbonyl (C=O) groups is 1. The highest BCUT2D eigenvalue weighted by Crippen LogP contribution is 2.16. The first-order valence-electron chi connectivity index (χ1n) is 6.84. The molecular weight excluding hydrogens is 321 g/mol. The minimum atomic E-state index is -0.683. The SMILES string of the molecule is Cc1c([N+](=O)[O-])cnn1CCC(=O)O/N=C(\N)c1ccc(F)cc1. The first-order valence-corrected chi connectivity index (χ1v) is 6.84. The Labute approximate surface area is 135 Å². The standard InChI is InChI=1S/C14H14FN5O4/c1-9-12(20(22)23)8-17-19(9)7-6-13(21)24-18-14(16)10-2-4-11(15)5-3-10/h2-5,8H,6-7H2,1H3,(H2,16,18). The van der Waals surface area contributed by atoms with E-state index >= 15 is 0 Å². The van der Waals surface area contributed by atoms with E-state index in [9.17, 15) is 19.3 Å². The van der Waals surface area contributed by atoms with Gasteiger partial charge in [-0.1, -0.05) is 5.16 Å². The van der Waals surface area contributed by atoms with Crippen LogP contribution in [0.1, 0.15) is 17.7 Å². The topological polar surface area (TPSA) is 126 Å². The van der Waals surface area contributed by atoms with Crippen molar-refractivity contribution >= 4 is 17.5 Å². The van der Waals surface area contributed by atoms with Gasteiger partial charge in [0.2, 0.25) is 0 Å². The maximum Gasteiger partial charge on any atom is 0.336 e. The quantitative estimate of drug-likeness (QED) is 0.280. The molecule has 0 aliphatic heterocycles. The van der Waals surface area contributed by atoms with Crippen LogP contribution in [0.25, 0.3) is 0 Å². The molecule has 0 unspecified atom stereocenters. The molecular formula is C14H14FN5O4. The summed E-state index contributed by atoms with van der Waals surface area (Å²) >= 11 is 0. The second-order valence-corrected chi connectivity index (χ2v) is 4.79. The summed E-state index contributed by atoms with van der Waals surface area (Å²) in [6, 6.07) is 5.20. The van der Waals surface area contributed by atoms with Crippen LogP contribution in [-0.2, 0) is 16.2 Å². The second kappa shape index (κ2) is 7.31. The fourth-order valence-electron chi connectivity index (χ4n) is 1.86. The van der Waals surface area contributed by atoms with Crippen molar-refractivity contribution in [2.24, 2.45) is 10.9 Å². The van der Waals surface area contributed by atoms with Crippen molar-refractivity contribution in [3.05, 3.63) is 57.7 Å². The normalized spacial score (nSPS) is 11.3. The van der Waals surface area contributed by atoms with Gasteiger partial charge < -0.3 is 10.6 Å². The molecule has 2 rings (SSSR count). The number of halogens is 1. The van der Waals surface area contributed by atoms with Gasteiger partial charge in [-0.2, -0.15) is 5.10 Å². The first-order chi connectivity index (χ1) is 11.4. The summed E-state index contributed by atoms with van der Waals surface area (Å²) < 4.78 is 14.1. The van der Waals surface area contributed by atoms with Gasteiger partial charge in [-0.25, -0.2) is 9.18 Å². The van der Waals surface area contributed by atoms with Crippen molar-refractivity contribution in [1.82, 2.24) is 9.78 Å². The molecule has 0 fully saturated rings. The predicted octanol–water partition coefficient (Wildman–Crippen LogP) is 1.49. The molecule has 2 N–H and O–H groups in total.